The van der Waals surface area contributed by atoms with Crippen molar-refractivity contribution in [2.75, 3.05) is 37.5 Å². The number of carbonyl (C=O) groups is 1. The quantitative estimate of drug-likeness (QED) is 0.0654. The van der Waals surface area contributed by atoms with Gasteiger partial charge in [0.1, 0.15) is 12.1 Å². The number of nitrogens with one attached hydrogen (secondary N) is 3. The van der Waals surface area contributed by atoms with Crippen molar-refractivity contribution in [1.29, 1.82) is 0 Å². The molecule has 0 aliphatic carbocycles. The van der Waals surface area contributed by atoms with Crippen LogP contribution in [0.2, 0.25) is 0 Å². The molecule has 0 fully saturated rings. The van der Waals surface area contributed by atoms with Crippen molar-refractivity contribution >= 4 is 52.6 Å². The first-order valence-electron chi connectivity index (χ1n) is 15.7. The summed E-state index contributed by atoms with van der Waals surface area (Å²) >= 11 is 1.20. The molecule has 13 nitrogen and oxygen atoms in total. The first-order chi connectivity index (χ1) is 23.3. The standard InChI is InChI=1S/C33H43F2N6O7PS/c1-31(2,3)33(32(4,5)6,18-48-49(43,44)45)39-12-9-13-47-26-16-24-21(15-25(26)46-7)29(38-19-37-24)41-30-36-17-20(50-30)14-27(42)40-23-11-8-10-22(34)28(23)35/h8,10-11,15-17,19,39H,9,12-14,18H2,1-7H3,(H,40,42)(H2,43,44,45)(H,36,37,38,41). The maximum Gasteiger partial charge on any atom is 0.469 e. The number of amides is 1. The second-order valence-corrected chi connectivity index (χ2v) is 16.0. The molecule has 0 unspecified atom stereocenters. The van der Waals surface area contributed by atoms with Gasteiger partial charge in [-0.2, -0.15) is 0 Å². The zero-order valence-electron chi connectivity index (χ0n) is 29.0. The fraction of sp³-hybridized carbons (Fsp3) is 0.455. The Morgan fingerprint density at radius 2 is 1.74 bits per heavy atom. The number of rotatable bonds is 15. The van der Waals surface area contributed by atoms with Crippen LogP contribution in [-0.4, -0.2) is 63.1 Å². The van der Waals surface area contributed by atoms with Crippen molar-refractivity contribution in [1.82, 2.24) is 20.3 Å². The molecule has 0 spiro atoms. The number of ether oxygens (including phenoxy) is 2. The number of fused-ring (bicyclic) bond motifs is 1. The maximum absolute atomic E-state index is 13.9. The van der Waals surface area contributed by atoms with Crippen LogP contribution >= 0.6 is 19.2 Å². The van der Waals surface area contributed by atoms with E-state index in [1.54, 1.807) is 12.1 Å². The number of hydrogen-bond acceptors (Lipinski definition) is 11. The lowest BCUT2D eigenvalue weighted by atomic mass is 9.60. The minimum absolute atomic E-state index is 0.0988. The Kier molecular flexibility index (Phi) is 12.2. The number of halogens is 2. The summed E-state index contributed by atoms with van der Waals surface area (Å²) in [4.78, 5) is 45.0. The van der Waals surface area contributed by atoms with E-state index < -0.39 is 41.7 Å². The van der Waals surface area contributed by atoms with Crippen LogP contribution in [-0.2, 0) is 20.3 Å². The predicted molar refractivity (Wildman–Crippen MR) is 188 cm³/mol. The minimum Gasteiger partial charge on any atom is -0.493 e. The molecule has 0 radical (unpaired) electrons. The van der Waals surface area contributed by atoms with E-state index in [4.69, 9.17) is 14.0 Å². The molecule has 17 heteroatoms. The van der Waals surface area contributed by atoms with Gasteiger partial charge in [-0.25, -0.2) is 28.3 Å². The van der Waals surface area contributed by atoms with Crippen molar-refractivity contribution in [3.8, 4) is 11.5 Å². The van der Waals surface area contributed by atoms with E-state index >= 15 is 0 Å². The second-order valence-electron chi connectivity index (χ2n) is 13.6. The van der Waals surface area contributed by atoms with Crippen LogP contribution in [0.15, 0.2) is 42.9 Å². The average Bonchev–Trinajstić information content (AvgIpc) is 3.45. The molecule has 0 atom stereocenters. The summed E-state index contributed by atoms with van der Waals surface area (Å²) in [6, 6.07) is 7.03. The molecule has 272 valence electrons. The van der Waals surface area contributed by atoms with Crippen molar-refractivity contribution in [3.05, 3.63) is 59.4 Å². The minimum atomic E-state index is -4.69. The summed E-state index contributed by atoms with van der Waals surface area (Å²) < 4.78 is 55.8. The monoisotopic (exact) mass is 736 g/mol. The molecule has 0 bridgehead atoms. The van der Waals surface area contributed by atoms with E-state index in [0.29, 0.717) is 57.8 Å². The highest BCUT2D eigenvalue weighted by molar-refractivity contribution is 7.46. The van der Waals surface area contributed by atoms with Gasteiger partial charge < -0.3 is 35.2 Å². The SMILES string of the molecule is COc1cc2c(Nc3ncc(CC(=O)Nc4cccc(F)c4F)s3)ncnc2cc1OCCCNC(COP(=O)(O)O)(C(C)(C)C)C(C)(C)C. The van der Waals surface area contributed by atoms with E-state index in [1.165, 1.54) is 43.1 Å². The van der Waals surface area contributed by atoms with E-state index in [1.807, 2.05) is 41.5 Å². The molecule has 2 aromatic heterocycles. The number of nitrogens with zero attached hydrogens (tertiary/aromatic N) is 3. The van der Waals surface area contributed by atoms with Gasteiger partial charge in [-0.3, -0.25) is 9.32 Å². The fourth-order valence-electron chi connectivity index (χ4n) is 5.81. The van der Waals surface area contributed by atoms with E-state index in [0.717, 1.165) is 6.07 Å². The number of methoxy groups -OCH3 is 1. The normalized spacial score (nSPS) is 12.6. The van der Waals surface area contributed by atoms with Crippen LogP contribution in [0.5, 0.6) is 11.5 Å². The number of thiazole rings is 1. The number of aromatic nitrogens is 3. The fourth-order valence-corrected chi connectivity index (χ4v) is 6.99. The molecule has 4 aromatic rings. The van der Waals surface area contributed by atoms with Crippen LogP contribution in [0.1, 0.15) is 52.8 Å². The molecule has 2 heterocycles. The molecular formula is C33H43F2N6O7PS. The number of phosphoric ester groups is 1. The Hall–Kier alpha value is -3.79. The van der Waals surface area contributed by atoms with Crippen molar-refractivity contribution in [2.45, 2.75) is 59.9 Å². The molecule has 0 saturated carbocycles. The van der Waals surface area contributed by atoms with Gasteiger partial charge in [-0.15, -0.1) is 11.3 Å². The van der Waals surface area contributed by atoms with Gasteiger partial charge >= 0.3 is 7.82 Å². The Balaban J connectivity index is 1.41. The third kappa shape index (κ3) is 9.50. The van der Waals surface area contributed by atoms with Gasteiger partial charge in [0, 0.05) is 22.5 Å². The highest BCUT2D eigenvalue weighted by Gasteiger charge is 2.51. The Bertz CT molecular complexity index is 1840. The molecule has 1 amide bonds. The third-order valence-electron chi connectivity index (χ3n) is 8.28. The smallest absolute Gasteiger partial charge is 0.469 e. The topological polar surface area (TPSA) is 177 Å². The molecule has 0 saturated heterocycles. The number of phosphoric acid groups is 1. The molecular weight excluding hydrogens is 693 g/mol. The summed E-state index contributed by atoms with van der Waals surface area (Å²) in [5, 5.41) is 10.1. The van der Waals surface area contributed by atoms with Crippen molar-refractivity contribution in [2.24, 2.45) is 10.8 Å². The van der Waals surface area contributed by atoms with Crippen LogP contribution in [0, 0.1) is 22.5 Å². The highest BCUT2D eigenvalue weighted by Crippen LogP contribution is 2.48. The molecule has 4 rings (SSSR count). The van der Waals surface area contributed by atoms with Crippen LogP contribution < -0.4 is 25.4 Å². The average molecular weight is 737 g/mol. The van der Waals surface area contributed by atoms with Gasteiger partial charge in [0.25, 0.3) is 0 Å². The van der Waals surface area contributed by atoms with Gasteiger partial charge in [-0.1, -0.05) is 47.6 Å². The van der Waals surface area contributed by atoms with Gasteiger partial charge in [0.15, 0.2) is 28.3 Å². The van der Waals surface area contributed by atoms with Crippen LogP contribution in [0.3, 0.4) is 0 Å². The van der Waals surface area contributed by atoms with Gasteiger partial charge in [0.2, 0.25) is 5.91 Å². The lowest BCUT2D eigenvalue weighted by Crippen LogP contribution is -2.66. The number of hydrogen-bond donors (Lipinski definition) is 5. The lowest BCUT2D eigenvalue weighted by Gasteiger charge is -2.54. The maximum atomic E-state index is 13.9. The zero-order chi connectivity index (χ0) is 36.9. The van der Waals surface area contributed by atoms with E-state index in [2.05, 4.69) is 30.9 Å². The second kappa shape index (κ2) is 15.6. The zero-order valence-corrected chi connectivity index (χ0v) is 30.7. The summed E-state index contributed by atoms with van der Waals surface area (Å²) in [7, 11) is -3.17. The van der Waals surface area contributed by atoms with Crippen molar-refractivity contribution < 1.29 is 41.9 Å². The summed E-state index contributed by atoms with van der Waals surface area (Å²) in [6.45, 7) is 12.6. The number of carbonyl (C=O) groups excluding carboxylic acids is 1. The molecule has 50 heavy (non-hydrogen) atoms. The molecule has 0 aliphatic rings. The van der Waals surface area contributed by atoms with Crippen LogP contribution in [0.4, 0.5) is 25.4 Å². The molecule has 0 aliphatic heterocycles. The summed E-state index contributed by atoms with van der Waals surface area (Å²) in [5.41, 5.74) is -1.30. The van der Waals surface area contributed by atoms with E-state index in [-0.39, 0.29) is 18.7 Å². The molecule has 5 N–H and O–H groups in total. The highest BCUT2D eigenvalue weighted by atomic mass is 32.1. The first kappa shape index (κ1) is 39.0. The Labute approximate surface area is 293 Å². The summed E-state index contributed by atoms with van der Waals surface area (Å²) in [5.74, 6) is -1.36. The number of anilines is 3. The first-order valence-corrected chi connectivity index (χ1v) is 18.0. The largest absolute Gasteiger partial charge is 0.493 e. The summed E-state index contributed by atoms with van der Waals surface area (Å²) in [6.07, 6.45) is 3.36. The Morgan fingerprint density at radius 3 is 2.40 bits per heavy atom. The molecule has 2 aromatic carbocycles. The lowest BCUT2D eigenvalue weighted by molar-refractivity contribution is -0.115. The van der Waals surface area contributed by atoms with Gasteiger partial charge in [-0.05, 0) is 42.0 Å². The third-order valence-corrected chi connectivity index (χ3v) is 9.65. The van der Waals surface area contributed by atoms with Crippen LogP contribution in [0.25, 0.3) is 10.9 Å². The Morgan fingerprint density at radius 1 is 1.02 bits per heavy atom. The number of benzene rings is 2. The predicted octanol–water partition coefficient (Wildman–Crippen LogP) is 6.60. The van der Waals surface area contributed by atoms with E-state index in [9.17, 15) is 27.9 Å². The van der Waals surface area contributed by atoms with Gasteiger partial charge in [0.05, 0.1) is 43.5 Å². The van der Waals surface area contributed by atoms with Crippen molar-refractivity contribution in [3.63, 3.8) is 0 Å².